The van der Waals surface area contributed by atoms with Gasteiger partial charge in [-0.2, -0.15) is 0 Å². The molecule has 0 saturated heterocycles. The molecule has 0 spiro atoms. The van der Waals surface area contributed by atoms with E-state index in [2.05, 4.69) is 126 Å². The van der Waals surface area contributed by atoms with Crippen molar-refractivity contribution in [1.82, 2.24) is 19.5 Å². The number of para-hydroxylation sites is 1. The summed E-state index contributed by atoms with van der Waals surface area (Å²) >= 11 is 0. The summed E-state index contributed by atoms with van der Waals surface area (Å²) < 4.78 is 2.33. The van der Waals surface area contributed by atoms with Crippen molar-refractivity contribution in [3.8, 4) is 45.3 Å². The zero-order valence-electron chi connectivity index (χ0n) is 30.9. The van der Waals surface area contributed by atoms with Crippen molar-refractivity contribution in [3.05, 3.63) is 195 Å². The fourth-order valence-electron chi connectivity index (χ4n) is 8.17. The Morgan fingerprint density at radius 2 is 1.00 bits per heavy atom. The van der Waals surface area contributed by atoms with Gasteiger partial charge in [0.2, 0.25) is 0 Å². The van der Waals surface area contributed by atoms with Crippen molar-refractivity contribution < 1.29 is 0 Å². The van der Waals surface area contributed by atoms with E-state index in [1.165, 1.54) is 43.3 Å². The first-order valence-corrected chi connectivity index (χ1v) is 18.9. The third kappa shape index (κ3) is 5.50. The Balaban J connectivity index is 1.22. The van der Waals surface area contributed by atoms with Gasteiger partial charge in [0.25, 0.3) is 0 Å². The van der Waals surface area contributed by atoms with Gasteiger partial charge in [-0.15, -0.1) is 0 Å². The van der Waals surface area contributed by atoms with Crippen LogP contribution in [0.25, 0.3) is 105 Å². The van der Waals surface area contributed by atoms with Crippen LogP contribution in [0.1, 0.15) is 6.92 Å². The van der Waals surface area contributed by atoms with E-state index in [9.17, 15) is 0 Å². The van der Waals surface area contributed by atoms with Gasteiger partial charge in [0.15, 0.2) is 17.5 Å². The molecule has 10 rings (SSSR count). The molecule has 0 N–H and O–H groups in total. The number of allylic oxidation sites excluding steroid dienone is 5. The van der Waals surface area contributed by atoms with Crippen LogP contribution < -0.4 is 0 Å². The number of nitrogens with zero attached hydrogens (tertiary/aromatic N) is 4. The molecular weight excluding hydrogens is 681 g/mol. The largest absolute Gasteiger partial charge is 0.309 e. The molecule has 0 saturated carbocycles. The van der Waals surface area contributed by atoms with Gasteiger partial charge in [-0.05, 0) is 80.7 Å². The molecule has 0 bridgehead atoms. The summed E-state index contributed by atoms with van der Waals surface area (Å²) in [5.74, 6) is 1.93. The third-order valence-electron chi connectivity index (χ3n) is 10.7. The monoisotopic (exact) mass is 716 g/mol. The maximum absolute atomic E-state index is 5.07. The van der Waals surface area contributed by atoms with Crippen LogP contribution in [-0.4, -0.2) is 19.5 Å². The van der Waals surface area contributed by atoms with E-state index in [1.54, 1.807) is 0 Å². The molecule has 0 radical (unpaired) electrons. The molecule has 0 aliphatic heterocycles. The zero-order valence-corrected chi connectivity index (χ0v) is 30.9. The van der Waals surface area contributed by atoms with Crippen molar-refractivity contribution in [1.29, 1.82) is 0 Å². The lowest BCUT2D eigenvalue weighted by molar-refractivity contribution is 1.07. The molecular formula is C52H36N4. The standard InChI is InChI=1S/C52H36N4/c1-3-5-21-38(4-2)56-47-27-15-14-24-42(47)43-30-28-36(33-48(43)56)39-25-16-26-44-40-22-12-13-23-41(40)46-32-37(29-31-45(46)49(39)44)52-54-50(34-17-8-6-9-18-34)53-51(55-52)35-19-10-7-11-20-35/h3-33H,2H2,1H3/b5-3-,38-21+. The van der Waals surface area contributed by atoms with E-state index in [1.807, 2.05) is 79.7 Å². The second-order valence-corrected chi connectivity index (χ2v) is 14.0. The van der Waals surface area contributed by atoms with Crippen LogP contribution in [0.15, 0.2) is 195 Å². The van der Waals surface area contributed by atoms with Crippen molar-refractivity contribution in [2.75, 3.05) is 0 Å². The van der Waals surface area contributed by atoms with Gasteiger partial charge in [0.1, 0.15) is 0 Å². The molecule has 4 nitrogen and oxygen atoms in total. The molecule has 0 atom stereocenters. The van der Waals surface area contributed by atoms with Crippen LogP contribution in [0.5, 0.6) is 0 Å². The number of hydrogen-bond donors (Lipinski definition) is 0. The quantitative estimate of drug-likeness (QED) is 0.122. The fourth-order valence-corrected chi connectivity index (χ4v) is 8.17. The smallest absolute Gasteiger partial charge is 0.164 e. The van der Waals surface area contributed by atoms with Gasteiger partial charge in [-0.25, -0.2) is 15.0 Å². The van der Waals surface area contributed by atoms with E-state index in [-0.39, 0.29) is 0 Å². The molecule has 56 heavy (non-hydrogen) atoms. The molecule has 2 heterocycles. The third-order valence-corrected chi connectivity index (χ3v) is 10.7. The summed E-state index contributed by atoms with van der Waals surface area (Å²) in [7, 11) is 0. The van der Waals surface area contributed by atoms with Gasteiger partial charge in [0, 0.05) is 33.2 Å². The van der Waals surface area contributed by atoms with Gasteiger partial charge >= 0.3 is 0 Å². The first kappa shape index (κ1) is 33.2. The van der Waals surface area contributed by atoms with E-state index in [0.717, 1.165) is 44.4 Å². The average molecular weight is 717 g/mol. The minimum Gasteiger partial charge on any atom is -0.309 e. The summed E-state index contributed by atoms with van der Waals surface area (Å²) in [6.07, 6.45) is 8.18. The summed E-state index contributed by atoms with van der Waals surface area (Å²) in [5, 5.41) is 9.59. The maximum Gasteiger partial charge on any atom is 0.164 e. The van der Waals surface area contributed by atoms with Crippen molar-refractivity contribution in [2.45, 2.75) is 6.92 Å². The molecule has 0 aliphatic rings. The summed E-state index contributed by atoms with van der Waals surface area (Å²) in [6, 6.07) is 57.9. The van der Waals surface area contributed by atoms with Gasteiger partial charge < -0.3 is 4.57 Å². The van der Waals surface area contributed by atoms with Crippen molar-refractivity contribution in [2.24, 2.45) is 0 Å². The molecule has 2 aromatic heterocycles. The highest BCUT2D eigenvalue weighted by atomic mass is 15.0. The van der Waals surface area contributed by atoms with Crippen LogP contribution in [0.3, 0.4) is 0 Å². The number of aromatic nitrogens is 4. The van der Waals surface area contributed by atoms with Gasteiger partial charge in [-0.1, -0.05) is 164 Å². The molecule has 264 valence electrons. The van der Waals surface area contributed by atoms with Crippen LogP contribution in [0, 0.1) is 0 Å². The lowest BCUT2D eigenvalue weighted by Gasteiger charge is -2.16. The molecule has 0 fully saturated rings. The van der Waals surface area contributed by atoms with E-state index in [4.69, 9.17) is 15.0 Å². The van der Waals surface area contributed by atoms with E-state index in [0.29, 0.717) is 17.5 Å². The number of benzene rings is 8. The second kappa shape index (κ2) is 13.8. The normalized spacial score (nSPS) is 12.1. The zero-order chi connectivity index (χ0) is 37.6. The van der Waals surface area contributed by atoms with Crippen LogP contribution in [0.2, 0.25) is 0 Å². The number of hydrogen-bond acceptors (Lipinski definition) is 3. The van der Waals surface area contributed by atoms with Crippen LogP contribution in [0.4, 0.5) is 0 Å². The number of fused-ring (bicyclic) bond motifs is 9. The highest BCUT2D eigenvalue weighted by molar-refractivity contribution is 6.29. The van der Waals surface area contributed by atoms with E-state index < -0.39 is 0 Å². The minimum absolute atomic E-state index is 0.638. The predicted octanol–water partition coefficient (Wildman–Crippen LogP) is 13.7. The van der Waals surface area contributed by atoms with Crippen LogP contribution >= 0.6 is 0 Å². The first-order valence-electron chi connectivity index (χ1n) is 18.9. The molecule has 8 aromatic carbocycles. The van der Waals surface area contributed by atoms with E-state index >= 15 is 0 Å². The highest BCUT2D eigenvalue weighted by Crippen LogP contribution is 2.43. The lowest BCUT2D eigenvalue weighted by Crippen LogP contribution is -2.00. The molecule has 4 heteroatoms. The molecule has 0 amide bonds. The highest BCUT2D eigenvalue weighted by Gasteiger charge is 2.18. The Kier molecular flexibility index (Phi) is 8.15. The average Bonchev–Trinajstić information content (AvgIpc) is 3.60. The number of rotatable bonds is 7. The SMILES string of the molecule is C=C/C(=C\C=C/C)n1c2ccccc2c2ccc(-c3cccc4c5ccccc5c5cc(-c6nc(-c7ccccc7)nc(-c7ccccc7)n6)ccc5c34)cc21. The molecule has 0 unspecified atom stereocenters. The molecule has 0 aliphatic carbocycles. The Morgan fingerprint density at radius 1 is 0.464 bits per heavy atom. The van der Waals surface area contributed by atoms with Crippen molar-refractivity contribution in [3.63, 3.8) is 0 Å². The Labute approximate surface area is 325 Å². The summed E-state index contributed by atoms with van der Waals surface area (Å²) in [5.41, 5.74) is 8.49. The second-order valence-electron chi connectivity index (χ2n) is 14.0. The Bertz CT molecular complexity index is 3150. The van der Waals surface area contributed by atoms with Crippen LogP contribution in [-0.2, 0) is 0 Å². The Morgan fingerprint density at radius 3 is 1.68 bits per heavy atom. The lowest BCUT2D eigenvalue weighted by atomic mass is 9.88. The predicted molar refractivity (Wildman–Crippen MR) is 236 cm³/mol. The van der Waals surface area contributed by atoms with Gasteiger partial charge in [-0.3, -0.25) is 0 Å². The topological polar surface area (TPSA) is 43.6 Å². The maximum atomic E-state index is 5.07. The fraction of sp³-hybridized carbons (Fsp3) is 0.0192. The molecule has 10 aromatic rings. The Hall–Kier alpha value is -7.43. The van der Waals surface area contributed by atoms with Gasteiger partial charge in [0.05, 0.1) is 11.0 Å². The summed E-state index contributed by atoms with van der Waals surface area (Å²) in [6.45, 7) is 6.24. The summed E-state index contributed by atoms with van der Waals surface area (Å²) in [4.78, 5) is 15.1. The first-order chi connectivity index (χ1) is 27.7. The van der Waals surface area contributed by atoms with Crippen molar-refractivity contribution >= 4 is 59.8 Å². The minimum atomic E-state index is 0.638.